The Hall–Kier alpha value is -1.46. The fourth-order valence-electron chi connectivity index (χ4n) is 3.42. The zero-order valence-corrected chi connectivity index (χ0v) is 14.7. The lowest BCUT2D eigenvalue weighted by atomic mass is 9.93. The van der Waals surface area contributed by atoms with Gasteiger partial charge in [0.1, 0.15) is 5.83 Å². The highest BCUT2D eigenvalue weighted by Gasteiger charge is 2.42. The molecule has 2 unspecified atom stereocenters. The Balaban J connectivity index is 1.93. The van der Waals surface area contributed by atoms with E-state index in [4.69, 9.17) is 0 Å². The summed E-state index contributed by atoms with van der Waals surface area (Å²) in [5.74, 6) is -0.310. The Morgan fingerprint density at radius 1 is 1.46 bits per heavy atom. The summed E-state index contributed by atoms with van der Waals surface area (Å²) < 4.78 is 14.4. The molecule has 2 heterocycles. The van der Waals surface area contributed by atoms with Crippen LogP contribution in [0.3, 0.4) is 0 Å². The van der Waals surface area contributed by atoms with Crippen molar-refractivity contribution in [3.8, 4) is 0 Å². The second-order valence-electron chi connectivity index (χ2n) is 6.49. The first kappa shape index (κ1) is 17.4. The minimum atomic E-state index is -0.589. The van der Waals surface area contributed by atoms with Gasteiger partial charge in [-0.05, 0) is 43.9 Å². The third-order valence-electron chi connectivity index (χ3n) is 4.75. The van der Waals surface area contributed by atoms with E-state index in [9.17, 15) is 14.0 Å². The minimum Gasteiger partial charge on any atom is -0.297 e. The van der Waals surface area contributed by atoms with Crippen molar-refractivity contribution in [2.75, 3.05) is 13.1 Å². The number of hydrogen-bond donors (Lipinski definition) is 0. The van der Waals surface area contributed by atoms with Crippen LogP contribution in [0.25, 0.3) is 0 Å². The average Bonchev–Trinajstić information content (AvgIpc) is 3.35. The quantitative estimate of drug-likeness (QED) is 0.688. The maximum atomic E-state index is 14.4. The Morgan fingerprint density at radius 3 is 2.83 bits per heavy atom. The monoisotopic (exact) mass is 347 g/mol. The van der Waals surface area contributed by atoms with Crippen LogP contribution in [0.5, 0.6) is 0 Å². The molecule has 3 rings (SSSR count). The van der Waals surface area contributed by atoms with Crippen molar-refractivity contribution in [3.05, 3.63) is 47.9 Å². The smallest absolute Gasteiger partial charge is 0.212 e. The summed E-state index contributed by atoms with van der Waals surface area (Å²) in [6.07, 6.45) is 8.88. The van der Waals surface area contributed by atoms with Crippen LogP contribution in [0.2, 0.25) is 0 Å². The number of likely N-dealkylation sites (tertiary alicyclic amines) is 1. The first-order valence-electron chi connectivity index (χ1n) is 8.38. The van der Waals surface area contributed by atoms with E-state index in [1.807, 2.05) is 11.8 Å². The van der Waals surface area contributed by atoms with Crippen molar-refractivity contribution >= 4 is 22.7 Å². The molecule has 0 aromatic rings. The molecule has 5 heteroatoms. The normalized spacial score (nSPS) is 26.8. The van der Waals surface area contributed by atoms with E-state index in [-0.39, 0.29) is 22.1 Å². The van der Waals surface area contributed by atoms with Crippen molar-refractivity contribution in [2.24, 2.45) is 5.92 Å². The van der Waals surface area contributed by atoms with Gasteiger partial charge in [-0.2, -0.15) is 0 Å². The standard InChI is InChI=1S/C19H22FNO2S/c1-3-5-14(15(20)4-2)18(19(23)12-6-7-12)21-9-8-16-13(11-21)10-17(22)24-16/h3-5,10,12,16,18H,2,6-9,11H2,1H3/b5-3-,15-14-. The molecule has 0 amide bonds. The lowest BCUT2D eigenvalue weighted by Gasteiger charge is -2.37. The lowest BCUT2D eigenvalue weighted by molar-refractivity contribution is -0.124. The molecule has 0 aromatic heterocycles. The number of thioether (sulfide) groups is 1. The predicted molar refractivity (Wildman–Crippen MR) is 95.3 cm³/mol. The highest BCUT2D eigenvalue weighted by atomic mass is 32.2. The first-order valence-corrected chi connectivity index (χ1v) is 9.26. The van der Waals surface area contributed by atoms with E-state index in [0.29, 0.717) is 18.7 Å². The maximum absolute atomic E-state index is 14.4. The summed E-state index contributed by atoms with van der Waals surface area (Å²) in [4.78, 5) is 26.6. The van der Waals surface area contributed by atoms with Gasteiger partial charge in [0.15, 0.2) is 5.78 Å². The molecule has 2 aliphatic heterocycles. The van der Waals surface area contributed by atoms with Crippen LogP contribution < -0.4 is 0 Å². The van der Waals surface area contributed by atoms with Crippen LogP contribution in [0, 0.1) is 5.92 Å². The Labute approximate surface area is 146 Å². The summed E-state index contributed by atoms with van der Waals surface area (Å²) in [6, 6.07) is -0.589. The molecule has 2 fully saturated rings. The molecule has 0 bridgehead atoms. The Bertz CT molecular complexity index is 660. The van der Waals surface area contributed by atoms with E-state index in [1.54, 1.807) is 18.2 Å². The molecule has 0 aromatic carbocycles. The summed E-state index contributed by atoms with van der Waals surface area (Å²) in [5.41, 5.74) is 1.45. The molecule has 2 atom stereocenters. The van der Waals surface area contributed by atoms with Crippen LogP contribution in [-0.4, -0.2) is 40.2 Å². The van der Waals surface area contributed by atoms with Gasteiger partial charge < -0.3 is 0 Å². The number of rotatable bonds is 6. The van der Waals surface area contributed by atoms with Crippen LogP contribution in [-0.2, 0) is 9.59 Å². The zero-order chi connectivity index (χ0) is 17.3. The molecule has 1 aliphatic carbocycles. The SMILES string of the molecule is C=C/C(F)=C(\C=C/C)C(C(=O)C1CC1)N1CCC2SC(=O)C=C2C1. The van der Waals surface area contributed by atoms with Gasteiger partial charge in [0, 0.05) is 29.8 Å². The van der Waals surface area contributed by atoms with Crippen LogP contribution in [0.15, 0.2) is 47.9 Å². The predicted octanol–water partition coefficient (Wildman–Crippen LogP) is 3.59. The first-order chi connectivity index (χ1) is 11.5. The Morgan fingerprint density at radius 2 is 2.21 bits per heavy atom. The van der Waals surface area contributed by atoms with Gasteiger partial charge in [0.05, 0.1) is 6.04 Å². The Kier molecular flexibility index (Phi) is 5.21. The molecule has 0 spiro atoms. The molecule has 3 aliphatic rings. The number of halogens is 1. The van der Waals surface area contributed by atoms with Gasteiger partial charge in [-0.25, -0.2) is 4.39 Å². The van der Waals surface area contributed by atoms with Crippen molar-refractivity contribution in [2.45, 2.75) is 37.5 Å². The molecule has 3 nitrogen and oxygen atoms in total. The summed E-state index contributed by atoms with van der Waals surface area (Å²) in [6.45, 7) is 6.58. The van der Waals surface area contributed by atoms with Crippen molar-refractivity contribution in [1.82, 2.24) is 4.90 Å². The second-order valence-corrected chi connectivity index (χ2v) is 7.70. The summed E-state index contributed by atoms with van der Waals surface area (Å²) in [5, 5.41) is 0.312. The molecular formula is C19H22FNO2S. The van der Waals surface area contributed by atoms with Crippen molar-refractivity contribution in [1.29, 1.82) is 0 Å². The number of ketones is 1. The van der Waals surface area contributed by atoms with E-state index in [2.05, 4.69) is 6.58 Å². The van der Waals surface area contributed by atoms with E-state index >= 15 is 0 Å². The van der Waals surface area contributed by atoms with Gasteiger partial charge in [-0.15, -0.1) is 0 Å². The highest BCUT2D eigenvalue weighted by Crippen LogP contribution is 2.39. The average molecular weight is 347 g/mol. The number of allylic oxidation sites excluding steroid dienone is 3. The molecule has 24 heavy (non-hydrogen) atoms. The van der Waals surface area contributed by atoms with E-state index < -0.39 is 11.9 Å². The molecule has 0 N–H and O–H groups in total. The van der Waals surface area contributed by atoms with Gasteiger partial charge in [0.2, 0.25) is 5.12 Å². The number of carbonyl (C=O) groups is 2. The summed E-state index contributed by atoms with van der Waals surface area (Å²) >= 11 is 1.36. The van der Waals surface area contributed by atoms with E-state index in [1.165, 1.54) is 17.8 Å². The van der Waals surface area contributed by atoms with Crippen molar-refractivity contribution in [3.63, 3.8) is 0 Å². The topological polar surface area (TPSA) is 37.4 Å². The van der Waals surface area contributed by atoms with Gasteiger partial charge in [-0.1, -0.05) is 30.5 Å². The molecule has 1 saturated heterocycles. The van der Waals surface area contributed by atoms with Crippen LogP contribution >= 0.6 is 11.8 Å². The third kappa shape index (κ3) is 3.47. The lowest BCUT2D eigenvalue weighted by Crippen LogP contribution is -2.48. The van der Waals surface area contributed by atoms with Crippen LogP contribution in [0.1, 0.15) is 26.2 Å². The number of Topliss-reactive ketones (excluding diaryl/α,β-unsaturated/α-hetero) is 1. The number of carbonyl (C=O) groups excluding carboxylic acids is 2. The van der Waals surface area contributed by atoms with E-state index in [0.717, 1.165) is 24.8 Å². The van der Waals surface area contributed by atoms with Crippen LogP contribution in [0.4, 0.5) is 4.39 Å². The summed E-state index contributed by atoms with van der Waals surface area (Å²) in [7, 11) is 0. The minimum absolute atomic E-state index is 0.0409. The maximum Gasteiger partial charge on any atom is 0.212 e. The zero-order valence-electron chi connectivity index (χ0n) is 13.8. The highest BCUT2D eigenvalue weighted by molar-refractivity contribution is 8.15. The van der Waals surface area contributed by atoms with Gasteiger partial charge in [0.25, 0.3) is 0 Å². The molecule has 0 radical (unpaired) electrons. The van der Waals surface area contributed by atoms with Crippen molar-refractivity contribution < 1.29 is 14.0 Å². The van der Waals surface area contributed by atoms with Gasteiger partial charge >= 0.3 is 0 Å². The fourth-order valence-corrected chi connectivity index (χ4v) is 4.44. The number of hydrogen-bond acceptors (Lipinski definition) is 4. The fraction of sp³-hybridized carbons (Fsp3) is 0.474. The number of piperidine rings is 1. The number of nitrogens with zero attached hydrogens (tertiary/aromatic N) is 1. The third-order valence-corrected chi connectivity index (χ3v) is 5.92. The molecular weight excluding hydrogens is 325 g/mol. The van der Waals surface area contributed by atoms with Gasteiger partial charge in [-0.3, -0.25) is 14.5 Å². The molecule has 128 valence electrons. The second kappa shape index (κ2) is 7.19. The molecule has 1 saturated carbocycles. The largest absolute Gasteiger partial charge is 0.297 e. The number of fused-ring (bicyclic) bond motifs is 1.